The van der Waals surface area contributed by atoms with E-state index in [4.69, 9.17) is 52.3 Å². The predicted octanol–water partition coefficient (Wildman–Crippen LogP) is 30.9. The first kappa shape index (κ1) is 88.7. The summed E-state index contributed by atoms with van der Waals surface area (Å²) >= 11 is 3.54. The molecule has 130 heavy (non-hydrogen) atoms. The van der Waals surface area contributed by atoms with Crippen LogP contribution in [0.4, 0.5) is 0 Å². The van der Waals surface area contributed by atoms with Gasteiger partial charge in [-0.1, -0.05) is 230 Å². The second-order valence-corrected chi connectivity index (χ2v) is 38.3. The van der Waals surface area contributed by atoms with Crippen molar-refractivity contribution < 1.29 is 32.4 Å². The number of halogens is 1. The first-order valence-electron chi connectivity index (χ1n) is 44.6. The molecule has 13 heteroatoms. The highest BCUT2D eigenvalue weighted by atomic mass is 79.9. The minimum absolute atomic E-state index is 0.0576. The lowest BCUT2D eigenvalue weighted by Gasteiger charge is -2.32. The highest BCUT2D eigenvalue weighted by Crippen LogP contribution is 2.51. The number of benzene rings is 12. The molecule has 0 spiro atoms. The minimum atomic E-state index is -0.454. The second-order valence-electron chi connectivity index (χ2n) is 37.5. The van der Waals surface area contributed by atoms with Crippen molar-refractivity contribution in [2.24, 2.45) is 0 Å². The third-order valence-electron chi connectivity index (χ3n) is 25.8. The molecule has 1 aliphatic heterocycles. The van der Waals surface area contributed by atoms with Gasteiger partial charge in [0.25, 0.3) is 0 Å². The highest BCUT2D eigenvalue weighted by Gasteiger charge is 2.53. The van der Waals surface area contributed by atoms with E-state index in [-0.39, 0.29) is 10.8 Å². The van der Waals surface area contributed by atoms with Crippen LogP contribution >= 0.6 is 15.9 Å². The van der Waals surface area contributed by atoms with E-state index in [0.717, 1.165) is 178 Å². The van der Waals surface area contributed by atoms with Crippen molar-refractivity contribution in [2.75, 3.05) is 21.3 Å². The fourth-order valence-corrected chi connectivity index (χ4v) is 18.9. The van der Waals surface area contributed by atoms with Gasteiger partial charge in [-0.15, -0.1) is 0 Å². The summed E-state index contributed by atoms with van der Waals surface area (Å²) in [4.78, 5) is 20.7. The normalized spacial score (nSPS) is 13.0. The third kappa shape index (κ3) is 17.4. The standard InChI is InChI=1S/C56H50N2O3.C36H25BrN2O.C25H35BO3/c1-33-17-15-18-34(2)51(33)39-30-46(43-32-50-54(41-21-13-14-24-49(41)61-50)53(55(43)60-9)37-19-11-10-12-20-37)58-47(31-39)45-23-16-22-44(57-45)42-29-38(25-26-48(42)59-8)52-35(3)27-40(28-36(52)4)56(5,6)7;1-22-10-8-11-23(2)35(22)26-19-30(38-31(20-26)29-15-9-17-34(37)39-29)25-18-28(24-12-4-3-5-13-24)36-27-14-6-7-16-32(27)40-33(36)21-25;1-16-13-19(23(3,4)5)14-17(2)22(16)18-11-12-21(27-10)20(15-18)26-28-24(6,7)25(8,9)29-26/h10-32H,1-9H3;3-21H,1-2H3;11-15H,1-10H3. The molecule has 0 amide bonds. The van der Waals surface area contributed by atoms with Crippen LogP contribution in [0.5, 0.6) is 17.2 Å². The van der Waals surface area contributed by atoms with Crippen molar-refractivity contribution in [1.82, 2.24) is 19.9 Å². The smallest absolute Gasteiger partial charge is 0.497 e. The lowest BCUT2D eigenvalue weighted by molar-refractivity contribution is 0.00578. The Balaban J connectivity index is 0.000000147. The Hall–Kier alpha value is -13.3. The summed E-state index contributed by atoms with van der Waals surface area (Å²) in [5, 5.41) is 4.27. The number of aromatic nitrogens is 4. The molecule has 1 fully saturated rings. The van der Waals surface area contributed by atoms with Gasteiger partial charge in [0.2, 0.25) is 0 Å². The number of rotatable bonds is 15. The number of hydrogen-bond donors (Lipinski definition) is 0. The zero-order valence-corrected chi connectivity index (χ0v) is 79.8. The Morgan fingerprint density at radius 2 is 0.708 bits per heavy atom. The van der Waals surface area contributed by atoms with Crippen LogP contribution in [0.2, 0.25) is 0 Å². The van der Waals surface area contributed by atoms with Crippen molar-refractivity contribution in [3.63, 3.8) is 0 Å². The summed E-state index contributed by atoms with van der Waals surface area (Å²) in [6.45, 7) is 39.3. The molecule has 6 aromatic heterocycles. The van der Waals surface area contributed by atoms with Crippen molar-refractivity contribution in [1.29, 1.82) is 0 Å². The molecular formula is C117H110BBrN4O7. The van der Waals surface area contributed by atoms with Crippen LogP contribution in [0.1, 0.15) is 125 Å². The third-order valence-corrected chi connectivity index (χ3v) is 26.2. The van der Waals surface area contributed by atoms with E-state index < -0.39 is 18.3 Å². The number of nitrogens with zero attached hydrogens (tertiary/aromatic N) is 4. The van der Waals surface area contributed by atoms with Crippen LogP contribution in [-0.4, -0.2) is 59.6 Å². The molecule has 0 bridgehead atoms. The largest absolute Gasteiger partial charge is 0.498 e. The molecule has 0 radical (unpaired) electrons. The van der Waals surface area contributed by atoms with E-state index in [1.54, 1.807) is 21.3 Å². The molecule has 0 atom stereocenters. The fourth-order valence-electron chi connectivity index (χ4n) is 18.5. The highest BCUT2D eigenvalue weighted by molar-refractivity contribution is 9.10. The van der Waals surface area contributed by atoms with E-state index in [1.807, 2.05) is 72.8 Å². The maximum Gasteiger partial charge on any atom is 0.498 e. The molecular weight excluding hydrogens is 1660 g/mol. The molecule has 1 saturated heterocycles. The van der Waals surface area contributed by atoms with Crippen LogP contribution in [0.25, 0.3) is 167 Å². The number of methoxy groups -OCH3 is 3. The van der Waals surface area contributed by atoms with Gasteiger partial charge in [-0.3, -0.25) is 0 Å². The number of aryl methyl sites for hydroxylation is 8. The number of fused-ring (bicyclic) bond motifs is 6. The quantitative estimate of drug-likeness (QED) is 0.0720. The number of para-hydroxylation sites is 2. The Kier molecular flexibility index (Phi) is 24.3. The van der Waals surface area contributed by atoms with Gasteiger partial charge >= 0.3 is 7.12 Å². The number of furan rings is 2. The maximum absolute atomic E-state index is 6.60. The summed E-state index contributed by atoms with van der Waals surface area (Å²) in [6.07, 6.45) is 0. The van der Waals surface area contributed by atoms with Gasteiger partial charge in [-0.25, -0.2) is 19.9 Å². The van der Waals surface area contributed by atoms with Gasteiger partial charge in [0.05, 0.1) is 72.4 Å². The van der Waals surface area contributed by atoms with Crippen LogP contribution in [0.3, 0.4) is 0 Å². The first-order valence-corrected chi connectivity index (χ1v) is 45.4. The maximum atomic E-state index is 6.60. The second kappa shape index (κ2) is 35.6. The Bertz CT molecular complexity index is 7290. The zero-order valence-electron chi connectivity index (χ0n) is 78.2. The minimum Gasteiger partial charge on any atom is -0.497 e. The Morgan fingerprint density at radius 3 is 1.22 bits per heavy atom. The predicted molar refractivity (Wildman–Crippen MR) is 543 cm³/mol. The number of pyridine rings is 4. The lowest BCUT2D eigenvalue weighted by Crippen LogP contribution is -2.41. The van der Waals surface area contributed by atoms with Gasteiger partial charge in [0.1, 0.15) is 44.2 Å². The molecule has 19 rings (SSSR count). The summed E-state index contributed by atoms with van der Waals surface area (Å²) in [6, 6.07) is 99.3. The Morgan fingerprint density at radius 1 is 0.292 bits per heavy atom. The van der Waals surface area contributed by atoms with Crippen LogP contribution in [0.15, 0.2) is 299 Å². The van der Waals surface area contributed by atoms with Gasteiger partial charge in [-0.05, 0) is 324 Å². The average Bonchev–Trinajstić information content (AvgIpc) is 1.55. The SMILES string of the molecule is COc1ccc(-c2c(C)cc(C(C)(C)C)cc2C)cc1-c1cccc(-c2cc(-c3c(C)cccc3C)cc(-c3cc4oc5ccccc5c4c(-c4ccccc4)c3OC)n2)n1.COc1ccc(-c2c(C)cc(C(C)(C)C)cc2C)cc1B1OC(C)(C)C(C)(C)O1.Cc1cccc(C)c1-c1cc(-c2cc(-c3ccccc3)c3c(c2)oc2ccccc23)nc(-c2cccc(Br)n2)c1. The summed E-state index contributed by atoms with van der Waals surface area (Å²) in [5.41, 5.74) is 38.0. The van der Waals surface area contributed by atoms with Crippen molar-refractivity contribution in [3.05, 3.63) is 345 Å². The van der Waals surface area contributed by atoms with Crippen LogP contribution < -0.4 is 19.7 Å². The van der Waals surface area contributed by atoms with Crippen molar-refractivity contribution in [2.45, 2.75) is 147 Å². The van der Waals surface area contributed by atoms with Gasteiger partial charge in [0, 0.05) is 49.3 Å². The molecule has 1 aliphatic rings. The van der Waals surface area contributed by atoms with Gasteiger partial charge < -0.3 is 32.4 Å². The molecule has 0 aliphatic carbocycles. The molecule has 12 aromatic carbocycles. The number of hydrogen-bond acceptors (Lipinski definition) is 11. The first-order chi connectivity index (χ1) is 62.2. The molecule has 0 unspecified atom stereocenters. The molecule has 11 nitrogen and oxygen atoms in total. The van der Waals surface area contributed by atoms with E-state index in [0.29, 0.717) is 0 Å². The van der Waals surface area contributed by atoms with Gasteiger partial charge in [-0.2, -0.15) is 0 Å². The molecule has 0 saturated carbocycles. The Labute approximate surface area is 773 Å². The fraction of sp³-hybridized carbons (Fsp3) is 0.214. The van der Waals surface area contributed by atoms with Crippen LogP contribution in [0, 0.1) is 55.4 Å². The zero-order chi connectivity index (χ0) is 91.6. The summed E-state index contributed by atoms with van der Waals surface area (Å²) in [5.74, 6) is 2.27. The van der Waals surface area contributed by atoms with Crippen LogP contribution in [-0.2, 0) is 20.1 Å². The molecule has 650 valence electrons. The molecule has 18 aromatic rings. The monoisotopic (exact) mass is 1770 g/mol. The topological polar surface area (TPSA) is 124 Å². The average molecular weight is 1770 g/mol. The number of ether oxygens (including phenoxy) is 3. The van der Waals surface area contributed by atoms with Crippen molar-refractivity contribution >= 4 is 72.4 Å². The van der Waals surface area contributed by atoms with E-state index >= 15 is 0 Å². The van der Waals surface area contributed by atoms with Crippen molar-refractivity contribution in [3.8, 4) is 141 Å². The molecule has 7 heterocycles. The van der Waals surface area contributed by atoms with E-state index in [1.165, 1.54) is 72.3 Å². The summed E-state index contributed by atoms with van der Waals surface area (Å²) < 4.78 is 44.5. The van der Waals surface area contributed by atoms with E-state index in [9.17, 15) is 0 Å². The molecule has 0 N–H and O–H groups in total. The lowest BCUT2D eigenvalue weighted by atomic mass is 9.76. The van der Waals surface area contributed by atoms with E-state index in [2.05, 4.69) is 353 Å². The van der Waals surface area contributed by atoms with Gasteiger partial charge in [0.15, 0.2) is 0 Å². The summed E-state index contributed by atoms with van der Waals surface area (Å²) in [7, 11) is 4.70.